The maximum Gasteiger partial charge on any atom is 0.289 e. The van der Waals surface area contributed by atoms with Gasteiger partial charge in [0.1, 0.15) is 12.4 Å². The van der Waals surface area contributed by atoms with Crippen LogP contribution in [0.1, 0.15) is 71.6 Å². The molecule has 0 radical (unpaired) electrons. The number of carbonyl (C=O) groups excluding carboxylic acids is 2. The summed E-state index contributed by atoms with van der Waals surface area (Å²) in [6, 6.07) is 13.8. The van der Waals surface area contributed by atoms with E-state index in [1.54, 1.807) is 0 Å². The zero-order valence-electron chi connectivity index (χ0n) is 17.7. The number of aromatic nitrogens is 1. The monoisotopic (exact) mass is 416 g/mol. The van der Waals surface area contributed by atoms with Crippen molar-refractivity contribution in [1.82, 2.24) is 4.40 Å². The van der Waals surface area contributed by atoms with Gasteiger partial charge in [-0.25, -0.2) is 0 Å². The van der Waals surface area contributed by atoms with E-state index in [1.165, 1.54) is 31.4 Å². The third kappa shape index (κ3) is 3.85. The van der Waals surface area contributed by atoms with Gasteiger partial charge in [0, 0.05) is 11.9 Å². The minimum absolute atomic E-state index is 0.330. The second-order valence-corrected chi connectivity index (χ2v) is 8.92. The number of hydrogen-bond acceptors (Lipinski definition) is 3. The zero-order valence-corrected chi connectivity index (χ0v) is 17.7. The summed E-state index contributed by atoms with van der Waals surface area (Å²) in [7, 11) is 0. The molecule has 2 aliphatic rings. The van der Waals surface area contributed by atoms with Gasteiger partial charge in [0.25, 0.3) is 11.7 Å². The lowest BCUT2D eigenvalue weighted by Gasteiger charge is -2.13. The van der Waals surface area contributed by atoms with Gasteiger partial charge in [-0.1, -0.05) is 56.0 Å². The van der Waals surface area contributed by atoms with Crippen molar-refractivity contribution >= 4 is 17.2 Å². The van der Waals surface area contributed by atoms with Crippen LogP contribution in [-0.2, 0) is 17.8 Å². The molecule has 1 amide bonds. The first-order valence-electron chi connectivity index (χ1n) is 11.3. The van der Waals surface area contributed by atoms with E-state index in [1.807, 2.05) is 48.7 Å². The number of hydrogen-bond donors (Lipinski definition) is 1. The Hall–Kier alpha value is -3.08. The summed E-state index contributed by atoms with van der Waals surface area (Å²) in [5.74, 6) is 0.0700. The van der Waals surface area contributed by atoms with Crippen LogP contribution in [0, 0.1) is 5.92 Å². The van der Waals surface area contributed by atoms with Crippen molar-refractivity contribution in [2.24, 2.45) is 11.7 Å². The quantitative estimate of drug-likeness (QED) is 0.424. The predicted octanol–water partition coefficient (Wildman–Crippen LogP) is 4.80. The third-order valence-corrected chi connectivity index (χ3v) is 6.70. The van der Waals surface area contributed by atoms with Gasteiger partial charge in [-0.15, -0.1) is 0 Å². The number of ether oxygens (including phenoxy) is 1. The van der Waals surface area contributed by atoms with Crippen molar-refractivity contribution < 1.29 is 14.3 Å². The molecule has 3 aromatic rings. The average Bonchev–Trinajstić information content (AvgIpc) is 3.39. The Bertz CT molecular complexity index is 1120. The molecule has 5 rings (SSSR count). The maximum atomic E-state index is 13.0. The number of pyridine rings is 1. The van der Waals surface area contributed by atoms with Crippen LogP contribution in [0.4, 0.5) is 0 Å². The summed E-state index contributed by atoms with van der Waals surface area (Å²) in [4.78, 5) is 25.1. The van der Waals surface area contributed by atoms with Crippen molar-refractivity contribution in [3.8, 4) is 5.75 Å². The van der Waals surface area contributed by atoms with Gasteiger partial charge in [0.15, 0.2) is 0 Å². The minimum atomic E-state index is -0.903. The molecular formula is C26H28N2O3. The molecule has 31 heavy (non-hydrogen) atoms. The molecule has 2 fully saturated rings. The largest absolute Gasteiger partial charge is 0.487 e. The lowest BCUT2D eigenvalue weighted by atomic mass is 9.94. The molecule has 2 saturated carbocycles. The topological polar surface area (TPSA) is 73.8 Å². The molecule has 0 saturated heterocycles. The van der Waals surface area contributed by atoms with Gasteiger partial charge in [0.05, 0.1) is 11.1 Å². The molecular weight excluding hydrogens is 388 g/mol. The first-order valence-corrected chi connectivity index (χ1v) is 11.3. The van der Waals surface area contributed by atoms with Gasteiger partial charge >= 0.3 is 0 Å². The van der Waals surface area contributed by atoms with Crippen molar-refractivity contribution in [3.63, 3.8) is 0 Å². The van der Waals surface area contributed by atoms with Crippen molar-refractivity contribution in [2.75, 3.05) is 0 Å². The fourth-order valence-corrected chi connectivity index (χ4v) is 5.07. The molecule has 2 N–H and O–H groups in total. The highest BCUT2D eigenvalue weighted by molar-refractivity contribution is 6.44. The Morgan fingerprint density at radius 2 is 1.74 bits per heavy atom. The number of nitrogens with two attached hydrogens (primary N) is 1. The maximum absolute atomic E-state index is 13.0. The number of rotatable bonds is 8. The van der Waals surface area contributed by atoms with Crippen LogP contribution in [0.5, 0.6) is 5.75 Å². The Balaban J connectivity index is 1.64. The molecule has 1 aromatic carbocycles. The van der Waals surface area contributed by atoms with Crippen LogP contribution in [0.15, 0.2) is 48.7 Å². The average molecular weight is 417 g/mol. The Kier molecular flexibility index (Phi) is 5.26. The Labute approximate surface area is 182 Å². The van der Waals surface area contributed by atoms with E-state index in [4.69, 9.17) is 10.5 Å². The molecule has 0 atom stereocenters. The van der Waals surface area contributed by atoms with E-state index in [0.29, 0.717) is 35.3 Å². The number of benzene rings is 1. The molecule has 2 aliphatic carbocycles. The summed E-state index contributed by atoms with van der Waals surface area (Å²) in [6.07, 6.45) is 10.0. The van der Waals surface area contributed by atoms with Crippen LogP contribution < -0.4 is 10.5 Å². The standard InChI is InChI=1S/C26H28N2O3/c27-26(30)25(29)23-22(19-12-13-19)20(15-17-7-4-5-8-17)28-14-6-11-21(24(23)28)31-16-18-9-2-1-3-10-18/h1-3,6,9-11,14,17,19H,4-5,7-8,12-13,15-16H2,(H2,27,30). The summed E-state index contributed by atoms with van der Waals surface area (Å²) < 4.78 is 8.29. The van der Waals surface area contributed by atoms with Crippen LogP contribution in [-0.4, -0.2) is 16.1 Å². The van der Waals surface area contributed by atoms with E-state index >= 15 is 0 Å². The number of carbonyl (C=O) groups is 2. The molecule has 0 bridgehead atoms. The number of amides is 1. The second-order valence-electron chi connectivity index (χ2n) is 8.92. The number of Topliss-reactive ketones (excluding diaryl/α,β-unsaturated/α-hetero) is 1. The molecule has 5 nitrogen and oxygen atoms in total. The molecule has 0 spiro atoms. The van der Waals surface area contributed by atoms with Crippen molar-refractivity contribution in [2.45, 2.75) is 57.5 Å². The summed E-state index contributed by atoms with van der Waals surface area (Å²) in [5, 5.41) is 0. The van der Waals surface area contributed by atoms with Crippen LogP contribution in [0.2, 0.25) is 0 Å². The SMILES string of the molecule is NC(=O)C(=O)c1c(C2CC2)c(CC2CCCC2)n2cccc(OCc3ccccc3)c12. The predicted molar refractivity (Wildman–Crippen MR) is 119 cm³/mol. The molecule has 2 heterocycles. The van der Waals surface area contributed by atoms with Crippen molar-refractivity contribution in [1.29, 1.82) is 0 Å². The first kappa shape index (κ1) is 19.9. The zero-order chi connectivity index (χ0) is 21.4. The summed E-state index contributed by atoms with van der Waals surface area (Å²) in [5.41, 5.74) is 9.90. The van der Waals surface area contributed by atoms with Gasteiger partial charge < -0.3 is 14.9 Å². The van der Waals surface area contributed by atoms with Gasteiger partial charge in [-0.3, -0.25) is 9.59 Å². The van der Waals surface area contributed by atoms with Gasteiger partial charge in [-0.05, 0) is 54.4 Å². The fraction of sp³-hybridized carbons (Fsp3) is 0.385. The Morgan fingerprint density at radius 3 is 2.42 bits per heavy atom. The number of primary amides is 1. The van der Waals surface area contributed by atoms with Gasteiger partial charge in [0.2, 0.25) is 0 Å². The van der Waals surface area contributed by atoms with Crippen molar-refractivity contribution in [3.05, 3.63) is 71.0 Å². The minimum Gasteiger partial charge on any atom is -0.487 e. The first-order chi connectivity index (χ1) is 15.1. The molecule has 0 aliphatic heterocycles. The van der Waals surface area contributed by atoms with Crippen LogP contribution in [0.25, 0.3) is 5.52 Å². The van der Waals surface area contributed by atoms with E-state index < -0.39 is 11.7 Å². The van der Waals surface area contributed by atoms with E-state index in [0.717, 1.165) is 30.4 Å². The number of nitrogens with zero attached hydrogens (tertiary/aromatic N) is 1. The molecule has 0 unspecified atom stereocenters. The fourth-order valence-electron chi connectivity index (χ4n) is 5.07. The molecule has 2 aromatic heterocycles. The van der Waals surface area contributed by atoms with Gasteiger partial charge in [-0.2, -0.15) is 0 Å². The summed E-state index contributed by atoms with van der Waals surface area (Å²) in [6.45, 7) is 0.395. The normalized spacial score (nSPS) is 16.6. The highest BCUT2D eigenvalue weighted by atomic mass is 16.5. The smallest absolute Gasteiger partial charge is 0.289 e. The van der Waals surface area contributed by atoms with E-state index in [9.17, 15) is 9.59 Å². The third-order valence-electron chi connectivity index (χ3n) is 6.70. The van der Waals surface area contributed by atoms with E-state index in [-0.39, 0.29) is 0 Å². The number of fused-ring (bicyclic) bond motifs is 1. The highest BCUT2D eigenvalue weighted by Gasteiger charge is 2.37. The Morgan fingerprint density at radius 1 is 1.00 bits per heavy atom. The number of ketones is 1. The lowest BCUT2D eigenvalue weighted by Crippen LogP contribution is -2.24. The molecule has 160 valence electrons. The second kappa shape index (κ2) is 8.22. The van der Waals surface area contributed by atoms with E-state index in [2.05, 4.69) is 4.40 Å². The summed E-state index contributed by atoms with van der Waals surface area (Å²) >= 11 is 0. The lowest BCUT2D eigenvalue weighted by molar-refractivity contribution is -0.114. The highest BCUT2D eigenvalue weighted by Crippen LogP contribution is 2.48. The van der Waals surface area contributed by atoms with Crippen LogP contribution >= 0.6 is 0 Å². The van der Waals surface area contributed by atoms with Crippen LogP contribution in [0.3, 0.4) is 0 Å². The molecule has 5 heteroatoms.